The summed E-state index contributed by atoms with van der Waals surface area (Å²) in [7, 11) is 1.59. The molecular weight excluding hydrogens is 448 g/mol. The predicted octanol–water partition coefficient (Wildman–Crippen LogP) is 4.65. The highest BCUT2D eigenvalue weighted by Crippen LogP contribution is 2.38. The highest BCUT2D eigenvalue weighted by atomic mass is 79.9. The van der Waals surface area contributed by atoms with Crippen LogP contribution < -0.4 is 9.64 Å². The zero-order valence-corrected chi connectivity index (χ0v) is 19.4. The van der Waals surface area contributed by atoms with E-state index in [4.69, 9.17) is 9.47 Å². The van der Waals surface area contributed by atoms with Crippen LogP contribution in [0, 0.1) is 0 Å². The Morgan fingerprint density at radius 2 is 2.00 bits per heavy atom. The highest BCUT2D eigenvalue weighted by molar-refractivity contribution is 9.10. The van der Waals surface area contributed by atoms with Gasteiger partial charge in [-0.25, -0.2) is 0 Å². The molecule has 0 saturated heterocycles. The van der Waals surface area contributed by atoms with Crippen LogP contribution in [0.15, 0.2) is 41.1 Å². The summed E-state index contributed by atoms with van der Waals surface area (Å²) in [6, 6.07) is 7.58. The van der Waals surface area contributed by atoms with Gasteiger partial charge in [0.1, 0.15) is 11.4 Å². The predicted molar refractivity (Wildman–Crippen MR) is 119 cm³/mol. The van der Waals surface area contributed by atoms with Crippen molar-refractivity contribution in [2.75, 3.05) is 18.6 Å². The number of halogens is 1. The summed E-state index contributed by atoms with van der Waals surface area (Å²) >= 11 is 3.49. The molecular formula is C23H27BrN2O4. The number of carbonyl (C=O) groups is 2. The summed E-state index contributed by atoms with van der Waals surface area (Å²) in [5.74, 6) is 0.0529. The maximum Gasteiger partial charge on any atom is 0.314 e. The lowest BCUT2D eigenvalue weighted by molar-refractivity contribution is -0.157. The molecule has 0 saturated carbocycles. The minimum Gasteiger partial charge on any atom is -0.495 e. The fourth-order valence-electron chi connectivity index (χ4n) is 3.56. The first-order valence-electron chi connectivity index (χ1n) is 9.98. The number of methoxy groups -OCH3 is 1. The molecule has 1 aromatic heterocycles. The van der Waals surface area contributed by atoms with E-state index in [0.29, 0.717) is 31.6 Å². The monoisotopic (exact) mass is 474 g/mol. The SMILES string of the molecule is COc1cncc(CCC(=O)N2CCC(C(=O)OC(C)(C)C)c3cc(Br)ccc32)c1. The molecule has 2 heterocycles. The van der Waals surface area contributed by atoms with Gasteiger partial charge in [0.15, 0.2) is 0 Å². The number of amides is 1. The summed E-state index contributed by atoms with van der Waals surface area (Å²) in [6.07, 6.45) is 4.84. The van der Waals surface area contributed by atoms with Crippen molar-refractivity contribution in [3.05, 3.63) is 52.3 Å². The van der Waals surface area contributed by atoms with Gasteiger partial charge in [-0.2, -0.15) is 0 Å². The molecule has 1 aliphatic heterocycles. The van der Waals surface area contributed by atoms with Crippen LogP contribution in [0.5, 0.6) is 5.75 Å². The molecule has 1 aliphatic rings. The molecule has 1 aromatic carbocycles. The molecule has 0 fully saturated rings. The molecule has 1 unspecified atom stereocenters. The number of anilines is 1. The van der Waals surface area contributed by atoms with E-state index >= 15 is 0 Å². The summed E-state index contributed by atoms with van der Waals surface area (Å²) in [5.41, 5.74) is 1.98. The molecule has 160 valence electrons. The van der Waals surface area contributed by atoms with Crippen molar-refractivity contribution in [2.24, 2.45) is 0 Å². The van der Waals surface area contributed by atoms with Crippen molar-refractivity contribution in [3.8, 4) is 5.75 Å². The van der Waals surface area contributed by atoms with Gasteiger partial charge in [-0.15, -0.1) is 0 Å². The Morgan fingerprint density at radius 1 is 1.23 bits per heavy atom. The first-order valence-corrected chi connectivity index (χ1v) is 10.8. The lowest BCUT2D eigenvalue weighted by Crippen LogP contribution is -2.39. The number of carbonyl (C=O) groups excluding carboxylic acids is 2. The number of ether oxygens (including phenoxy) is 2. The average molecular weight is 475 g/mol. The Balaban J connectivity index is 1.78. The van der Waals surface area contributed by atoms with E-state index in [1.165, 1.54) is 0 Å². The molecule has 0 bridgehead atoms. The second-order valence-corrected chi connectivity index (χ2v) is 9.27. The second-order valence-electron chi connectivity index (χ2n) is 8.36. The van der Waals surface area contributed by atoms with Crippen LogP contribution in [-0.2, 0) is 20.7 Å². The summed E-state index contributed by atoms with van der Waals surface area (Å²) < 4.78 is 11.7. The number of aryl methyl sites for hydroxylation is 1. The molecule has 7 heteroatoms. The minimum atomic E-state index is -0.555. The normalized spacial score (nSPS) is 16.0. The zero-order valence-electron chi connectivity index (χ0n) is 17.8. The molecule has 0 radical (unpaired) electrons. The zero-order chi connectivity index (χ0) is 21.9. The van der Waals surface area contributed by atoms with E-state index < -0.39 is 5.60 Å². The molecule has 0 N–H and O–H groups in total. The van der Waals surface area contributed by atoms with Crippen LogP contribution >= 0.6 is 15.9 Å². The van der Waals surface area contributed by atoms with Crippen molar-refractivity contribution in [2.45, 2.75) is 51.6 Å². The molecule has 30 heavy (non-hydrogen) atoms. The fraction of sp³-hybridized carbons (Fsp3) is 0.435. The van der Waals surface area contributed by atoms with Crippen LogP contribution in [0.1, 0.15) is 50.7 Å². The lowest BCUT2D eigenvalue weighted by atomic mass is 9.89. The van der Waals surface area contributed by atoms with Crippen LogP contribution in [0.25, 0.3) is 0 Å². The molecule has 3 rings (SSSR count). The van der Waals surface area contributed by atoms with E-state index in [1.54, 1.807) is 24.4 Å². The Hall–Kier alpha value is -2.41. The number of esters is 1. The molecule has 6 nitrogen and oxygen atoms in total. The number of fused-ring (bicyclic) bond motifs is 1. The van der Waals surface area contributed by atoms with E-state index in [9.17, 15) is 9.59 Å². The topological polar surface area (TPSA) is 68.7 Å². The molecule has 1 amide bonds. The van der Waals surface area contributed by atoms with Gasteiger partial charge in [0, 0.05) is 29.3 Å². The number of pyridine rings is 1. The quantitative estimate of drug-likeness (QED) is 0.589. The number of aromatic nitrogens is 1. The van der Waals surface area contributed by atoms with Crippen LogP contribution in [0.4, 0.5) is 5.69 Å². The number of benzene rings is 1. The summed E-state index contributed by atoms with van der Waals surface area (Å²) in [6.45, 7) is 6.06. The Morgan fingerprint density at radius 3 is 2.70 bits per heavy atom. The molecule has 1 atom stereocenters. The van der Waals surface area contributed by atoms with Crippen molar-refractivity contribution >= 4 is 33.5 Å². The third-order valence-corrected chi connectivity index (χ3v) is 5.42. The summed E-state index contributed by atoms with van der Waals surface area (Å²) in [4.78, 5) is 31.7. The number of hydrogen-bond acceptors (Lipinski definition) is 5. The van der Waals surface area contributed by atoms with Gasteiger partial charge in [-0.1, -0.05) is 15.9 Å². The van der Waals surface area contributed by atoms with Crippen molar-refractivity contribution in [1.29, 1.82) is 0 Å². The van der Waals surface area contributed by atoms with Crippen molar-refractivity contribution < 1.29 is 19.1 Å². The van der Waals surface area contributed by atoms with Gasteiger partial charge in [0.05, 0.1) is 19.2 Å². The Labute approximate surface area is 185 Å². The van der Waals surface area contributed by atoms with E-state index in [2.05, 4.69) is 20.9 Å². The Bertz CT molecular complexity index is 939. The highest BCUT2D eigenvalue weighted by Gasteiger charge is 2.35. The smallest absolute Gasteiger partial charge is 0.314 e. The van der Waals surface area contributed by atoms with Crippen molar-refractivity contribution in [1.82, 2.24) is 4.98 Å². The van der Waals surface area contributed by atoms with E-state index in [-0.39, 0.29) is 17.8 Å². The number of rotatable bonds is 5. The van der Waals surface area contributed by atoms with Gasteiger partial charge >= 0.3 is 5.97 Å². The van der Waals surface area contributed by atoms with Crippen molar-refractivity contribution in [3.63, 3.8) is 0 Å². The third kappa shape index (κ3) is 5.39. The largest absolute Gasteiger partial charge is 0.495 e. The fourth-order valence-corrected chi connectivity index (χ4v) is 3.94. The Kier molecular flexibility index (Phi) is 6.81. The number of hydrogen-bond donors (Lipinski definition) is 0. The first-order chi connectivity index (χ1) is 14.2. The van der Waals surface area contributed by atoms with Gasteiger partial charge in [0.25, 0.3) is 0 Å². The van der Waals surface area contributed by atoms with Crippen LogP contribution in [0.3, 0.4) is 0 Å². The maximum absolute atomic E-state index is 13.0. The van der Waals surface area contributed by atoms with Crippen LogP contribution in [-0.4, -0.2) is 36.1 Å². The lowest BCUT2D eigenvalue weighted by Gasteiger charge is -2.35. The second kappa shape index (κ2) is 9.16. The van der Waals surface area contributed by atoms with Gasteiger partial charge < -0.3 is 14.4 Å². The summed E-state index contributed by atoms with van der Waals surface area (Å²) in [5, 5.41) is 0. The molecule has 2 aromatic rings. The van der Waals surface area contributed by atoms with Gasteiger partial charge in [-0.3, -0.25) is 14.6 Å². The third-order valence-electron chi connectivity index (χ3n) is 4.92. The maximum atomic E-state index is 13.0. The van der Waals surface area contributed by atoms with Gasteiger partial charge in [0.2, 0.25) is 5.91 Å². The molecule has 0 aliphatic carbocycles. The van der Waals surface area contributed by atoms with E-state index in [0.717, 1.165) is 21.3 Å². The van der Waals surface area contributed by atoms with E-state index in [1.807, 2.05) is 45.0 Å². The van der Waals surface area contributed by atoms with Crippen LogP contribution in [0.2, 0.25) is 0 Å². The van der Waals surface area contributed by atoms with Gasteiger partial charge in [-0.05, 0) is 69.0 Å². The first kappa shape index (κ1) is 22.3. The standard InChI is InChI=1S/C23H27BrN2O4/c1-23(2,3)30-22(28)18-9-10-26(20-7-6-16(24)12-19(18)20)21(27)8-5-15-11-17(29-4)14-25-13-15/h6-7,11-14,18H,5,8-10H2,1-4H3. The minimum absolute atomic E-state index is 0.0176. The average Bonchev–Trinajstić information content (AvgIpc) is 2.69. The molecule has 0 spiro atoms. The number of nitrogens with zero attached hydrogens (tertiary/aromatic N) is 2.